The van der Waals surface area contributed by atoms with E-state index in [1.54, 1.807) is 61.9 Å². The van der Waals surface area contributed by atoms with E-state index in [1.807, 2.05) is 0 Å². The van der Waals surface area contributed by atoms with Gasteiger partial charge in [-0.25, -0.2) is 4.79 Å². The van der Waals surface area contributed by atoms with Crippen LogP contribution in [0.4, 0.5) is 5.69 Å². The number of nitrogens with zero attached hydrogens (tertiary/aromatic N) is 3. The van der Waals surface area contributed by atoms with Crippen molar-refractivity contribution in [3.63, 3.8) is 0 Å². The van der Waals surface area contributed by atoms with Gasteiger partial charge in [-0.05, 0) is 44.2 Å². The lowest BCUT2D eigenvalue weighted by Crippen LogP contribution is -2.24. The van der Waals surface area contributed by atoms with Gasteiger partial charge in [0.1, 0.15) is 0 Å². The first kappa shape index (κ1) is 23.1. The molecule has 0 atom stereocenters. The van der Waals surface area contributed by atoms with Crippen molar-refractivity contribution in [2.45, 2.75) is 31.7 Å². The van der Waals surface area contributed by atoms with Crippen LogP contribution in [0.1, 0.15) is 40.6 Å². The zero-order valence-corrected chi connectivity index (χ0v) is 18.6. The number of esters is 1. The number of nitrogens with one attached hydrogen (secondary N) is 2. The molecule has 11 heteroatoms. The second-order valence-electron chi connectivity index (χ2n) is 6.99. The molecular weight excluding hydrogens is 434 g/mol. The first-order chi connectivity index (χ1) is 15.3. The number of anilines is 1. The number of aromatic nitrogens is 3. The molecule has 0 radical (unpaired) electrons. The molecule has 0 bridgehead atoms. The van der Waals surface area contributed by atoms with Crippen molar-refractivity contribution in [3.8, 4) is 0 Å². The summed E-state index contributed by atoms with van der Waals surface area (Å²) >= 11 is 1.20. The molecule has 2 amide bonds. The molecule has 1 aromatic carbocycles. The molecule has 2 N–H and O–H groups in total. The maximum atomic E-state index is 12.3. The molecule has 10 nitrogen and oxygen atoms in total. The minimum absolute atomic E-state index is 0.0887. The smallest absolute Gasteiger partial charge is 0.338 e. The average Bonchev–Trinajstić information content (AvgIpc) is 3.41. The van der Waals surface area contributed by atoms with Crippen LogP contribution in [-0.4, -0.2) is 44.4 Å². The normalized spacial score (nSPS) is 10.8. The fourth-order valence-electron chi connectivity index (χ4n) is 2.61. The van der Waals surface area contributed by atoms with E-state index in [0.717, 1.165) is 0 Å². The van der Waals surface area contributed by atoms with Gasteiger partial charge in [0, 0.05) is 12.7 Å². The summed E-state index contributed by atoms with van der Waals surface area (Å²) in [6.07, 6.45) is 1.19. The van der Waals surface area contributed by atoms with E-state index in [4.69, 9.17) is 9.15 Å². The minimum atomic E-state index is -0.448. The van der Waals surface area contributed by atoms with Gasteiger partial charge in [-0.15, -0.1) is 10.2 Å². The fraction of sp³-hybridized carbons (Fsp3) is 0.286. The molecule has 3 rings (SSSR count). The van der Waals surface area contributed by atoms with Crippen molar-refractivity contribution < 1.29 is 23.5 Å². The molecule has 0 aliphatic carbocycles. The second kappa shape index (κ2) is 10.6. The van der Waals surface area contributed by atoms with Gasteiger partial charge in [0.25, 0.3) is 5.91 Å². The Bertz CT molecular complexity index is 1090. The highest BCUT2D eigenvalue weighted by molar-refractivity contribution is 7.99. The summed E-state index contributed by atoms with van der Waals surface area (Å²) in [4.78, 5) is 36.3. The lowest BCUT2D eigenvalue weighted by molar-refractivity contribution is -0.113. The number of carbonyl (C=O) groups is 3. The Morgan fingerprint density at radius 1 is 1.19 bits per heavy atom. The van der Waals surface area contributed by atoms with Gasteiger partial charge in [0.05, 0.1) is 30.2 Å². The number of benzene rings is 1. The first-order valence-electron chi connectivity index (χ1n) is 9.77. The number of thioether (sulfide) groups is 1. The van der Waals surface area contributed by atoms with E-state index >= 15 is 0 Å². The second-order valence-corrected chi connectivity index (χ2v) is 7.93. The summed E-state index contributed by atoms with van der Waals surface area (Å²) in [5, 5.41) is 14.1. The van der Waals surface area contributed by atoms with Crippen LogP contribution >= 0.6 is 11.8 Å². The maximum absolute atomic E-state index is 12.3. The standard InChI is InChI=1S/C21H23N5O5S/c1-13(2)31-20(29)14-6-4-7-15(10-14)23-18(27)12-32-21-25-24-17(26(21)3)11-22-19(28)16-8-5-9-30-16/h4-10,13H,11-12H2,1-3H3,(H,22,28)(H,23,27). The Balaban J connectivity index is 1.51. The zero-order valence-electron chi connectivity index (χ0n) is 17.8. The number of hydrogen-bond acceptors (Lipinski definition) is 8. The summed E-state index contributed by atoms with van der Waals surface area (Å²) < 4.78 is 11.9. The monoisotopic (exact) mass is 457 g/mol. The molecule has 0 saturated carbocycles. The first-order valence-corrected chi connectivity index (χ1v) is 10.8. The third kappa shape index (κ3) is 6.20. The van der Waals surface area contributed by atoms with Crippen LogP contribution in [0.25, 0.3) is 0 Å². The number of hydrogen-bond donors (Lipinski definition) is 2. The van der Waals surface area contributed by atoms with Crippen LogP contribution in [0.2, 0.25) is 0 Å². The van der Waals surface area contributed by atoms with E-state index in [2.05, 4.69) is 20.8 Å². The third-order valence-corrected chi connectivity index (χ3v) is 5.15. The summed E-state index contributed by atoms with van der Waals surface area (Å²) in [6.45, 7) is 3.70. The van der Waals surface area contributed by atoms with Gasteiger partial charge in [-0.2, -0.15) is 0 Å². The van der Waals surface area contributed by atoms with Gasteiger partial charge in [-0.1, -0.05) is 17.8 Å². The van der Waals surface area contributed by atoms with Crippen LogP contribution in [0.3, 0.4) is 0 Å². The topological polar surface area (TPSA) is 128 Å². The van der Waals surface area contributed by atoms with E-state index in [1.165, 1.54) is 18.0 Å². The van der Waals surface area contributed by atoms with Crippen LogP contribution in [0.5, 0.6) is 0 Å². The molecular formula is C21H23N5O5S. The Morgan fingerprint density at radius 2 is 2.00 bits per heavy atom. The van der Waals surface area contributed by atoms with Gasteiger partial charge in [0.2, 0.25) is 5.91 Å². The number of ether oxygens (including phenoxy) is 1. The van der Waals surface area contributed by atoms with Crippen molar-refractivity contribution in [1.82, 2.24) is 20.1 Å². The largest absolute Gasteiger partial charge is 0.459 e. The van der Waals surface area contributed by atoms with Gasteiger partial charge >= 0.3 is 5.97 Å². The van der Waals surface area contributed by atoms with Crippen LogP contribution < -0.4 is 10.6 Å². The summed E-state index contributed by atoms with van der Waals surface area (Å²) in [5.74, 6) is -0.239. The molecule has 0 aliphatic rings. The van der Waals surface area contributed by atoms with E-state index in [0.29, 0.717) is 22.2 Å². The van der Waals surface area contributed by atoms with Crippen LogP contribution in [0.15, 0.2) is 52.2 Å². The van der Waals surface area contributed by atoms with Crippen molar-refractivity contribution in [1.29, 1.82) is 0 Å². The Labute approximate surface area is 188 Å². The van der Waals surface area contributed by atoms with Gasteiger partial charge in [0.15, 0.2) is 16.7 Å². The Kier molecular flexibility index (Phi) is 7.66. The fourth-order valence-corrected chi connectivity index (χ4v) is 3.34. The number of amides is 2. The Hall–Kier alpha value is -3.60. The van der Waals surface area contributed by atoms with Crippen LogP contribution in [0, 0.1) is 0 Å². The molecule has 0 spiro atoms. The summed E-state index contributed by atoms with van der Waals surface area (Å²) in [5.41, 5.74) is 0.854. The molecule has 32 heavy (non-hydrogen) atoms. The molecule has 0 saturated heterocycles. The highest BCUT2D eigenvalue weighted by atomic mass is 32.2. The average molecular weight is 458 g/mol. The lowest BCUT2D eigenvalue weighted by Gasteiger charge is -2.10. The molecule has 2 aromatic heterocycles. The lowest BCUT2D eigenvalue weighted by atomic mass is 10.2. The number of carbonyl (C=O) groups excluding carboxylic acids is 3. The van der Waals surface area contributed by atoms with E-state index < -0.39 is 5.97 Å². The summed E-state index contributed by atoms with van der Waals surface area (Å²) in [6, 6.07) is 9.75. The predicted molar refractivity (Wildman–Crippen MR) is 117 cm³/mol. The SMILES string of the molecule is CC(C)OC(=O)c1cccc(NC(=O)CSc2nnc(CNC(=O)c3ccco3)n2C)c1. The van der Waals surface area contributed by atoms with Crippen molar-refractivity contribution in [2.75, 3.05) is 11.1 Å². The predicted octanol–water partition coefficient (Wildman–Crippen LogP) is 2.63. The van der Waals surface area contributed by atoms with E-state index in [9.17, 15) is 14.4 Å². The van der Waals surface area contributed by atoms with Crippen molar-refractivity contribution in [2.24, 2.45) is 7.05 Å². The molecule has 168 valence electrons. The zero-order chi connectivity index (χ0) is 23.1. The highest BCUT2D eigenvalue weighted by Gasteiger charge is 2.15. The minimum Gasteiger partial charge on any atom is -0.459 e. The van der Waals surface area contributed by atoms with Crippen molar-refractivity contribution >= 4 is 35.2 Å². The number of rotatable bonds is 9. The third-order valence-electron chi connectivity index (χ3n) is 4.13. The maximum Gasteiger partial charge on any atom is 0.338 e. The van der Waals surface area contributed by atoms with Crippen molar-refractivity contribution in [3.05, 3.63) is 59.8 Å². The molecule has 0 aliphatic heterocycles. The van der Waals surface area contributed by atoms with Gasteiger partial charge in [-0.3, -0.25) is 9.59 Å². The quantitative estimate of drug-likeness (QED) is 0.371. The highest BCUT2D eigenvalue weighted by Crippen LogP contribution is 2.17. The summed E-state index contributed by atoms with van der Waals surface area (Å²) in [7, 11) is 1.75. The number of furan rings is 1. The molecule has 2 heterocycles. The molecule has 0 fully saturated rings. The van der Waals surface area contributed by atoms with E-state index in [-0.39, 0.29) is 36.0 Å². The molecule has 0 unspecified atom stereocenters. The van der Waals surface area contributed by atoms with Crippen LogP contribution in [-0.2, 0) is 23.1 Å². The van der Waals surface area contributed by atoms with Gasteiger partial charge < -0.3 is 24.4 Å². The molecule has 3 aromatic rings. The Morgan fingerprint density at radius 3 is 2.72 bits per heavy atom.